The molecule has 1 heterocycles. The van der Waals surface area contributed by atoms with Crippen LogP contribution >= 0.6 is 0 Å². The molecule has 0 aliphatic carbocycles. The highest BCUT2D eigenvalue weighted by atomic mass is 19.1. The molecule has 7 heteroatoms. The number of rotatable bonds is 6. The van der Waals surface area contributed by atoms with E-state index in [0.29, 0.717) is 29.1 Å². The molecular formula is C23H22F2N4O. The summed E-state index contributed by atoms with van der Waals surface area (Å²) in [5, 5.41) is 2.77. The van der Waals surface area contributed by atoms with Crippen LogP contribution in [-0.4, -0.2) is 21.6 Å². The van der Waals surface area contributed by atoms with E-state index in [0.717, 1.165) is 11.1 Å². The highest BCUT2D eigenvalue weighted by Crippen LogP contribution is 2.12. The number of aryl methyl sites for hydroxylation is 2. The van der Waals surface area contributed by atoms with Crippen LogP contribution in [0, 0.1) is 25.5 Å². The lowest BCUT2D eigenvalue weighted by atomic mass is 10.1. The molecule has 1 amide bonds. The Labute approximate surface area is 173 Å². The van der Waals surface area contributed by atoms with Gasteiger partial charge < -0.3 is 5.32 Å². The zero-order valence-corrected chi connectivity index (χ0v) is 17.0. The molecule has 154 valence electrons. The van der Waals surface area contributed by atoms with Crippen LogP contribution in [0.15, 0.2) is 53.8 Å². The quantitative estimate of drug-likeness (QED) is 0.618. The van der Waals surface area contributed by atoms with Crippen molar-refractivity contribution in [3.63, 3.8) is 0 Å². The van der Waals surface area contributed by atoms with Crippen LogP contribution < -0.4 is 5.32 Å². The van der Waals surface area contributed by atoms with E-state index in [1.54, 1.807) is 51.1 Å². The average Bonchev–Trinajstić information content (AvgIpc) is 2.75. The van der Waals surface area contributed by atoms with E-state index in [2.05, 4.69) is 20.3 Å². The fourth-order valence-corrected chi connectivity index (χ4v) is 2.87. The maximum absolute atomic E-state index is 13.4. The van der Waals surface area contributed by atoms with Gasteiger partial charge in [0, 0.05) is 6.54 Å². The Morgan fingerprint density at radius 3 is 2.20 bits per heavy atom. The summed E-state index contributed by atoms with van der Waals surface area (Å²) in [7, 11) is 0. The fraction of sp³-hybridized carbons (Fsp3) is 0.217. The molecule has 1 aromatic heterocycles. The number of amides is 1. The molecule has 0 fully saturated rings. The summed E-state index contributed by atoms with van der Waals surface area (Å²) >= 11 is 0. The second-order valence-electron chi connectivity index (χ2n) is 7.04. The van der Waals surface area contributed by atoms with Crippen molar-refractivity contribution in [1.82, 2.24) is 15.3 Å². The van der Waals surface area contributed by atoms with Gasteiger partial charge in [-0.05, 0) is 61.2 Å². The molecule has 0 radical (unpaired) electrons. The van der Waals surface area contributed by atoms with Gasteiger partial charge in [0.15, 0.2) is 0 Å². The first-order valence-corrected chi connectivity index (χ1v) is 9.45. The smallest absolute Gasteiger partial charge is 0.270 e. The van der Waals surface area contributed by atoms with Crippen molar-refractivity contribution in [3.05, 3.63) is 94.1 Å². The second-order valence-corrected chi connectivity index (χ2v) is 7.04. The number of carbonyl (C=O) groups excluding carboxylic acids is 1. The van der Waals surface area contributed by atoms with E-state index in [4.69, 9.17) is 0 Å². The number of aromatic nitrogens is 2. The lowest BCUT2D eigenvalue weighted by Crippen LogP contribution is -2.24. The van der Waals surface area contributed by atoms with Gasteiger partial charge in [0.1, 0.15) is 23.7 Å². The molecule has 0 bridgehead atoms. The van der Waals surface area contributed by atoms with Gasteiger partial charge in [0.05, 0.1) is 18.0 Å². The Morgan fingerprint density at radius 1 is 0.933 bits per heavy atom. The van der Waals surface area contributed by atoms with Gasteiger partial charge in [-0.15, -0.1) is 0 Å². The van der Waals surface area contributed by atoms with Gasteiger partial charge in [-0.2, -0.15) is 0 Å². The molecule has 30 heavy (non-hydrogen) atoms. The molecule has 0 spiro atoms. The van der Waals surface area contributed by atoms with Crippen LogP contribution in [0.2, 0.25) is 0 Å². The Morgan fingerprint density at radius 2 is 1.53 bits per heavy atom. The topological polar surface area (TPSA) is 67.2 Å². The van der Waals surface area contributed by atoms with Crippen molar-refractivity contribution in [1.29, 1.82) is 0 Å². The molecule has 0 unspecified atom stereocenters. The lowest BCUT2D eigenvalue weighted by Gasteiger charge is -2.07. The van der Waals surface area contributed by atoms with Crippen LogP contribution in [0.5, 0.6) is 0 Å². The van der Waals surface area contributed by atoms with Gasteiger partial charge in [-0.3, -0.25) is 9.79 Å². The normalized spacial score (nSPS) is 11.4. The summed E-state index contributed by atoms with van der Waals surface area (Å²) in [6.07, 6.45) is 1.31. The van der Waals surface area contributed by atoms with E-state index < -0.39 is 0 Å². The summed E-state index contributed by atoms with van der Waals surface area (Å²) in [5.74, 6) is -0.889. The number of carbonyl (C=O) groups is 1. The number of nitrogens with zero attached hydrogens (tertiary/aromatic N) is 3. The SMILES string of the molecule is CC(=NCc1ccc(F)c(C)c1)c1cc(C(=O)NCc2ccc(F)c(C)c2)ncn1. The zero-order chi connectivity index (χ0) is 21.7. The summed E-state index contributed by atoms with van der Waals surface area (Å²) in [6.45, 7) is 5.81. The monoisotopic (exact) mass is 408 g/mol. The molecule has 0 aliphatic heterocycles. The van der Waals surface area contributed by atoms with Gasteiger partial charge in [-0.25, -0.2) is 18.7 Å². The van der Waals surface area contributed by atoms with Crippen molar-refractivity contribution >= 4 is 11.6 Å². The number of halogens is 2. The first-order valence-electron chi connectivity index (χ1n) is 9.45. The van der Waals surface area contributed by atoms with E-state index in [9.17, 15) is 13.6 Å². The molecule has 1 N–H and O–H groups in total. The first kappa shape index (κ1) is 21.2. The molecule has 3 rings (SSSR count). The minimum absolute atomic E-state index is 0.214. The third-order valence-corrected chi connectivity index (χ3v) is 4.67. The number of hydrogen-bond acceptors (Lipinski definition) is 4. The predicted molar refractivity (Wildman–Crippen MR) is 111 cm³/mol. The first-order chi connectivity index (χ1) is 14.3. The average molecular weight is 408 g/mol. The molecular weight excluding hydrogens is 386 g/mol. The highest BCUT2D eigenvalue weighted by Gasteiger charge is 2.10. The Balaban J connectivity index is 1.67. The molecule has 0 saturated carbocycles. The highest BCUT2D eigenvalue weighted by molar-refractivity contribution is 5.99. The molecule has 0 saturated heterocycles. The Kier molecular flexibility index (Phi) is 6.61. The number of aliphatic imine (C=N–C) groups is 1. The summed E-state index contributed by atoms with van der Waals surface area (Å²) in [5.41, 5.74) is 4.16. The molecule has 5 nitrogen and oxygen atoms in total. The standard InChI is InChI=1S/C23H22F2N4O/c1-14-8-17(4-6-19(14)24)11-26-16(3)21-10-22(29-13-28-21)23(30)27-12-18-5-7-20(25)15(2)9-18/h4-10,13H,11-12H2,1-3H3,(H,27,30). The third kappa shape index (κ3) is 5.31. The maximum atomic E-state index is 13.4. The predicted octanol–water partition coefficient (Wildman–Crippen LogP) is 4.31. The minimum atomic E-state index is -0.359. The summed E-state index contributed by atoms with van der Waals surface area (Å²) in [4.78, 5) is 25.1. The fourth-order valence-electron chi connectivity index (χ4n) is 2.87. The Hall–Kier alpha value is -3.48. The van der Waals surface area contributed by atoms with Crippen molar-refractivity contribution in [2.45, 2.75) is 33.9 Å². The van der Waals surface area contributed by atoms with E-state index >= 15 is 0 Å². The summed E-state index contributed by atoms with van der Waals surface area (Å²) < 4.78 is 26.7. The van der Waals surface area contributed by atoms with Crippen molar-refractivity contribution in [2.24, 2.45) is 4.99 Å². The van der Waals surface area contributed by atoms with E-state index in [-0.39, 0.29) is 29.8 Å². The lowest BCUT2D eigenvalue weighted by molar-refractivity contribution is 0.0945. The number of hydrogen-bond donors (Lipinski definition) is 1. The van der Waals surface area contributed by atoms with Crippen molar-refractivity contribution < 1.29 is 13.6 Å². The van der Waals surface area contributed by atoms with Gasteiger partial charge in [0.2, 0.25) is 0 Å². The largest absolute Gasteiger partial charge is 0.347 e. The molecule has 0 atom stereocenters. The van der Waals surface area contributed by atoms with Gasteiger partial charge in [0.25, 0.3) is 5.91 Å². The maximum Gasteiger partial charge on any atom is 0.270 e. The number of nitrogens with one attached hydrogen (secondary N) is 1. The van der Waals surface area contributed by atoms with Gasteiger partial charge >= 0.3 is 0 Å². The molecule has 2 aromatic carbocycles. The minimum Gasteiger partial charge on any atom is -0.347 e. The Bertz CT molecular complexity index is 1110. The third-order valence-electron chi connectivity index (χ3n) is 4.67. The van der Waals surface area contributed by atoms with Crippen LogP contribution in [0.25, 0.3) is 0 Å². The molecule has 3 aromatic rings. The molecule has 0 aliphatic rings. The van der Waals surface area contributed by atoms with Crippen LogP contribution in [0.1, 0.15) is 45.4 Å². The van der Waals surface area contributed by atoms with Crippen molar-refractivity contribution in [3.8, 4) is 0 Å². The van der Waals surface area contributed by atoms with E-state index in [1.807, 2.05) is 0 Å². The van der Waals surface area contributed by atoms with Crippen molar-refractivity contribution in [2.75, 3.05) is 0 Å². The van der Waals surface area contributed by atoms with Crippen LogP contribution in [0.4, 0.5) is 8.78 Å². The van der Waals surface area contributed by atoms with E-state index in [1.165, 1.54) is 18.5 Å². The van der Waals surface area contributed by atoms with Crippen LogP contribution in [-0.2, 0) is 13.1 Å². The second kappa shape index (κ2) is 9.35. The zero-order valence-electron chi connectivity index (χ0n) is 17.0. The van der Waals surface area contributed by atoms with Crippen LogP contribution in [0.3, 0.4) is 0 Å². The summed E-state index contributed by atoms with van der Waals surface area (Å²) in [6, 6.07) is 11.1. The van der Waals surface area contributed by atoms with Gasteiger partial charge in [-0.1, -0.05) is 24.3 Å². The number of benzene rings is 2.